The lowest BCUT2D eigenvalue weighted by atomic mass is 9.83. The maximum Gasteiger partial charge on any atom is 0.290 e. The highest BCUT2D eigenvalue weighted by Gasteiger charge is 2.26. The van der Waals surface area contributed by atoms with E-state index >= 15 is 0 Å². The Bertz CT molecular complexity index is 361. The van der Waals surface area contributed by atoms with Crippen LogP contribution in [0.1, 0.15) is 42.8 Å². The number of carbonyl (C=O) groups is 1. The second-order valence-electron chi connectivity index (χ2n) is 4.39. The summed E-state index contributed by atoms with van der Waals surface area (Å²) in [6.07, 6.45) is 3.14. The van der Waals surface area contributed by atoms with Crippen molar-refractivity contribution in [2.45, 2.75) is 33.6 Å². The first-order valence-electron chi connectivity index (χ1n) is 5.89. The third kappa shape index (κ3) is 3.06. The van der Waals surface area contributed by atoms with E-state index in [4.69, 9.17) is 4.52 Å². The summed E-state index contributed by atoms with van der Waals surface area (Å²) < 4.78 is 4.87. The molecule has 0 bridgehead atoms. The van der Waals surface area contributed by atoms with Gasteiger partial charge >= 0.3 is 0 Å². The summed E-state index contributed by atoms with van der Waals surface area (Å²) >= 11 is 0. The van der Waals surface area contributed by atoms with Crippen molar-refractivity contribution in [1.29, 1.82) is 0 Å². The van der Waals surface area contributed by atoms with E-state index in [2.05, 4.69) is 10.5 Å². The third-order valence-electron chi connectivity index (χ3n) is 3.41. The number of carbonyl (C=O) groups excluding carboxylic acids is 1. The molecule has 2 N–H and O–H groups in total. The molecule has 0 radical (unpaired) electrons. The van der Waals surface area contributed by atoms with Crippen molar-refractivity contribution in [2.75, 3.05) is 13.2 Å². The van der Waals surface area contributed by atoms with Crippen molar-refractivity contribution >= 4 is 5.91 Å². The van der Waals surface area contributed by atoms with Gasteiger partial charge in [0.25, 0.3) is 5.91 Å². The van der Waals surface area contributed by atoms with Crippen molar-refractivity contribution < 1.29 is 14.4 Å². The molecule has 1 aromatic heterocycles. The van der Waals surface area contributed by atoms with E-state index < -0.39 is 0 Å². The van der Waals surface area contributed by atoms with Crippen molar-refractivity contribution in [2.24, 2.45) is 5.41 Å². The van der Waals surface area contributed by atoms with Gasteiger partial charge in [0.1, 0.15) is 0 Å². The van der Waals surface area contributed by atoms with E-state index in [1.165, 1.54) is 6.20 Å². The molecule has 96 valence electrons. The molecule has 0 saturated carbocycles. The highest BCUT2D eigenvalue weighted by Crippen LogP contribution is 2.24. The summed E-state index contributed by atoms with van der Waals surface area (Å²) in [5.74, 6) is -0.0382. The Kier molecular flexibility index (Phi) is 4.69. The van der Waals surface area contributed by atoms with Gasteiger partial charge in [-0.15, -0.1) is 0 Å². The first-order chi connectivity index (χ1) is 8.08. The highest BCUT2D eigenvalue weighted by atomic mass is 16.5. The number of nitrogens with zero attached hydrogens (tertiary/aromatic N) is 1. The molecule has 0 aliphatic heterocycles. The fraction of sp³-hybridized carbons (Fsp3) is 0.667. The Hall–Kier alpha value is -1.36. The zero-order valence-electron chi connectivity index (χ0n) is 10.6. The van der Waals surface area contributed by atoms with Crippen LogP contribution in [0.25, 0.3) is 0 Å². The Morgan fingerprint density at radius 1 is 1.53 bits per heavy atom. The SMILES string of the molecule is CCC(CC)(CO)CNC(=O)c1oncc1C. The lowest BCUT2D eigenvalue weighted by molar-refractivity contribution is 0.0819. The number of rotatable bonds is 6. The van der Waals surface area contributed by atoms with Crippen LogP contribution in [0.2, 0.25) is 0 Å². The maximum atomic E-state index is 11.8. The maximum absolute atomic E-state index is 11.8. The monoisotopic (exact) mass is 240 g/mol. The third-order valence-corrected chi connectivity index (χ3v) is 3.41. The Morgan fingerprint density at radius 3 is 2.59 bits per heavy atom. The minimum absolute atomic E-state index is 0.0651. The average Bonchev–Trinajstić information content (AvgIpc) is 2.78. The van der Waals surface area contributed by atoms with Crippen molar-refractivity contribution in [3.63, 3.8) is 0 Å². The minimum Gasteiger partial charge on any atom is -0.396 e. The van der Waals surface area contributed by atoms with Gasteiger partial charge in [0.15, 0.2) is 0 Å². The van der Waals surface area contributed by atoms with E-state index in [-0.39, 0.29) is 23.7 Å². The summed E-state index contributed by atoms with van der Waals surface area (Å²) in [7, 11) is 0. The Balaban J connectivity index is 2.62. The van der Waals surface area contributed by atoms with Gasteiger partial charge in [-0.25, -0.2) is 0 Å². The fourth-order valence-electron chi connectivity index (χ4n) is 1.64. The van der Waals surface area contributed by atoms with E-state index in [0.717, 1.165) is 12.8 Å². The summed E-state index contributed by atoms with van der Waals surface area (Å²) in [4.78, 5) is 11.8. The Labute approximate surface area is 101 Å². The van der Waals surface area contributed by atoms with Crippen molar-refractivity contribution in [1.82, 2.24) is 10.5 Å². The van der Waals surface area contributed by atoms with Crippen LogP contribution in [0, 0.1) is 12.3 Å². The normalized spacial score (nSPS) is 11.5. The largest absolute Gasteiger partial charge is 0.396 e. The summed E-state index contributed by atoms with van der Waals surface area (Å²) in [5.41, 5.74) is 0.467. The topological polar surface area (TPSA) is 75.4 Å². The van der Waals surface area contributed by atoms with Crippen LogP contribution in [0.15, 0.2) is 10.7 Å². The fourth-order valence-corrected chi connectivity index (χ4v) is 1.64. The summed E-state index contributed by atoms with van der Waals surface area (Å²) in [6.45, 7) is 6.28. The average molecular weight is 240 g/mol. The molecule has 17 heavy (non-hydrogen) atoms. The van der Waals surface area contributed by atoms with Crippen LogP contribution in [0.3, 0.4) is 0 Å². The smallest absolute Gasteiger partial charge is 0.290 e. The molecule has 0 spiro atoms. The lowest BCUT2D eigenvalue weighted by Gasteiger charge is -2.29. The number of aliphatic hydroxyl groups is 1. The summed E-state index contributed by atoms with van der Waals surface area (Å²) in [6, 6.07) is 0. The van der Waals surface area contributed by atoms with Gasteiger partial charge in [-0.1, -0.05) is 19.0 Å². The molecule has 1 heterocycles. The van der Waals surface area contributed by atoms with Crippen LogP contribution in [0.5, 0.6) is 0 Å². The van der Waals surface area contributed by atoms with Crippen LogP contribution >= 0.6 is 0 Å². The molecule has 0 saturated heterocycles. The van der Waals surface area contributed by atoms with E-state index in [9.17, 15) is 9.90 Å². The molecule has 0 aliphatic rings. The predicted octanol–water partition coefficient (Wildman–Crippen LogP) is 1.51. The van der Waals surface area contributed by atoms with Gasteiger partial charge in [-0.2, -0.15) is 0 Å². The zero-order valence-corrected chi connectivity index (χ0v) is 10.6. The minimum atomic E-state index is -0.278. The lowest BCUT2D eigenvalue weighted by Crippen LogP contribution is -2.39. The standard InChI is InChI=1S/C12H20N2O3/c1-4-12(5-2,8-15)7-13-11(16)10-9(3)6-14-17-10/h6,15H,4-5,7-8H2,1-3H3,(H,13,16). The quantitative estimate of drug-likeness (QED) is 0.790. The first-order valence-corrected chi connectivity index (χ1v) is 5.89. The van der Waals surface area contributed by atoms with E-state index in [1.807, 2.05) is 13.8 Å². The molecule has 0 unspecified atom stereocenters. The molecule has 5 nitrogen and oxygen atoms in total. The Morgan fingerprint density at radius 2 is 2.18 bits per heavy atom. The van der Waals surface area contributed by atoms with Gasteiger partial charge in [-0.3, -0.25) is 4.79 Å². The predicted molar refractivity (Wildman–Crippen MR) is 63.7 cm³/mol. The molecular weight excluding hydrogens is 220 g/mol. The molecule has 1 aromatic rings. The van der Waals surface area contributed by atoms with Crippen molar-refractivity contribution in [3.05, 3.63) is 17.5 Å². The molecule has 0 fully saturated rings. The summed E-state index contributed by atoms with van der Waals surface area (Å²) in [5, 5.41) is 15.7. The van der Waals surface area contributed by atoms with Gasteiger partial charge in [-0.05, 0) is 19.8 Å². The van der Waals surface area contributed by atoms with E-state index in [0.29, 0.717) is 12.1 Å². The molecular formula is C12H20N2O3. The van der Waals surface area contributed by atoms with Crippen LogP contribution in [-0.4, -0.2) is 29.3 Å². The number of hydrogen-bond acceptors (Lipinski definition) is 4. The zero-order chi connectivity index (χ0) is 12.9. The number of aryl methyl sites for hydroxylation is 1. The highest BCUT2D eigenvalue weighted by molar-refractivity contribution is 5.92. The van der Waals surface area contributed by atoms with Gasteiger partial charge in [0.2, 0.25) is 5.76 Å². The number of aromatic nitrogens is 1. The van der Waals surface area contributed by atoms with Crippen LogP contribution in [-0.2, 0) is 0 Å². The molecule has 5 heteroatoms. The van der Waals surface area contributed by atoms with Gasteiger partial charge in [0, 0.05) is 17.5 Å². The number of aliphatic hydroxyl groups excluding tert-OH is 1. The molecule has 1 rings (SSSR count). The van der Waals surface area contributed by atoms with E-state index in [1.54, 1.807) is 6.92 Å². The van der Waals surface area contributed by atoms with Crippen molar-refractivity contribution in [3.8, 4) is 0 Å². The van der Waals surface area contributed by atoms with Gasteiger partial charge < -0.3 is 14.9 Å². The van der Waals surface area contributed by atoms with Gasteiger partial charge in [0.05, 0.1) is 12.8 Å². The number of amides is 1. The molecule has 0 aliphatic carbocycles. The second-order valence-corrected chi connectivity index (χ2v) is 4.39. The molecule has 0 aromatic carbocycles. The molecule has 0 atom stereocenters. The number of hydrogen-bond donors (Lipinski definition) is 2. The first kappa shape index (κ1) is 13.7. The second kappa shape index (κ2) is 5.82. The van der Waals surface area contributed by atoms with Crippen LogP contribution in [0.4, 0.5) is 0 Å². The van der Waals surface area contributed by atoms with Crippen LogP contribution < -0.4 is 5.32 Å². The number of nitrogens with one attached hydrogen (secondary N) is 1. The molecule has 1 amide bonds.